The lowest BCUT2D eigenvalue weighted by Gasteiger charge is -2.07. The van der Waals surface area contributed by atoms with Crippen LogP contribution < -0.4 is 21.3 Å². The number of nitrogens with zero attached hydrogens (tertiary/aromatic N) is 1. The van der Waals surface area contributed by atoms with Crippen molar-refractivity contribution in [1.29, 1.82) is 0 Å². The third-order valence-electron chi connectivity index (χ3n) is 3.40. The van der Waals surface area contributed by atoms with Gasteiger partial charge in [0.25, 0.3) is 12.0 Å². The summed E-state index contributed by atoms with van der Waals surface area (Å²) in [4.78, 5) is 47.0. The fourth-order valence-corrected chi connectivity index (χ4v) is 2.12. The van der Waals surface area contributed by atoms with Gasteiger partial charge in [-0.1, -0.05) is 12.1 Å². The highest BCUT2D eigenvalue weighted by atomic mass is 19.1. The van der Waals surface area contributed by atoms with Crippen LogP contribution in [0.15, 0.2) is 40.1 Å². The van der Waals surface area contributed by atoms with Gasteiger partial charge >= 0.3 is 5.69 Å². The van der Waals surface area contributed by atoms with Crippen molar-refractivity contribution in [2.75, 3.05) is 0 Å². The van der Waals surface area contributed by atoms with Crippen molar-refractivity contribution in [2.24, 2.45) is 0 Å². The van der Waals surface area contributed by atoms with Crippen LogP contribution in [0.3, 0.4) is 0 Å². The van der Waals surface area contributed by atoms with E-state index in [1.165, 1.54) is 0 Å². The molecular weight excluding hydrogens is 333 g/mol. The number of halogens is 1. The second kappa shape index (κ2) is 8.57. The van der Waals surface area contributed by atoms with E-state index in [-0.39, 0.29) is 31.8 Å². The summed E-state index contributed by atoms with van der Waals surface area (Å²) in [6.45, 7) is 0.545. The summed E-state index contributed by atoms with van der Waals surface area (Å²) in [5, 5.41) is 2.68. The topological polar surface area (TPSA) is 110 Å². The van der Waals surface area contributed by atoms with Crippen molar-refractivity contribution in [1.82, 2.24) is 14.9 Å². The Morgan fingerprint density at radius 1 is 1.28 bits per heavy atom. The maximum atomic E-state index is 13.1. The summed E-state index contributed by atoms with van der Waals surface area (Å²) in [5.74, 6) is -0.920. The number of hydrogen-bond acceptors (Lipinski definition) is 5. The Hall–Kier alpha value is -3.23. The molecule has 2 aromatic rings. The first-order valence-electron chi connectivity index (χ1n) is 7.45. The van der Waals surface area contributed by atoms with E-state index in [9.17, 15) is 23.6 Å². The van der Waals surface area contributed by atoms with Crippen molar-refractivity contribution in [3.8, 4) is 5.75 Å². The average molecular weight is 349 g/mol. The number of benzene rings is 1. The molecular formula is C16H16FN3O5. The molecule has 0 aliphatic rings. The lowest BCUT2D eigenvalue weighted by Crippen LogP contribution is -2.36. The normalized spacial score (nSPS) is 10.3. The van der Waals surface area contributed by atoms with Gasteiger partial charge in [0.15, 0.2) is 0 Å². The minimum atomic E-state index is -1.05. The van der Waals surface area contributed by atoms with Gasteiger partial charge in [0.2, 0.25) is 11.7 Å². The van der Waals surface area contributed by atoms with E-state index < -0.39 is 17.1 Å². The lowest BCUT2D eigenvalue weighted by atomic mass is 10.2. The smallest absolute Gasteiger partial charge is 0.328 e. The summed E-state index contributed by atoms with van der Waals surface area (Å²) in [5.41, 5.74) is -0.921. The van der Waals surface area contributed by atoms with Crippen molar-refractivity contribution >= 4 is 12.4 Å². The van der Waals surface area contributed by atoms with E-state index in [1.807, 2.05) is 0 Å². The Balaban J connectivity index is 1.79. The van der Waals surface area contributed by atoms with Crippen molar-refractivity contribution in [3.05, 3.63) is 62.7 Å². The predicted octanol–water partition coefficient (Wildman–Crippen LogP) is 0.307. The molecule has 0 unspecified atom stereocenters. The molecule has 0 atom stereocenters. The molecule has 0 aliphatic carbocycles. The number of hydrogen-bond donors (Lipinski definition) is 2. The summed E-state index contributed by atoms with van der Waals surface area (Å²) in [7, 11) is 0. The predicted molar refractivity (Wildman–Crippen MR) is 85.5 cm³/mol. The van der Waals surface area contributed by atoms with E-state index in [1.54, 1.807) is 24.3 Å². The van der Waals surface area contributed by atoms with Gasteiger partial charge in [-0.05, 0) is 24.1 Å². The third kappa shape index (κ3) is 5.13. The van der Waals surface area contributed by atoms with E-state index in [2.05, 4.69) is 15.0 Å². The van der Waals surface area contributed by atoms with E-state index in [4.69, 9.17) is 0 Å². The maximum absolute atomic E-state index is 13.1. The zero-order valence-electron chi connectivity index (χ0n) is 13.2. The van der Waals surface area contributed by atoms with Gasteiger partial charge in [0.05, 0.1) is 0 Å². The molecule has 2 N–H and O–H groups in total. The Kier molecular flexibility index (Phi) is 6.21. The van der Waals surface area contributed by atoms with Gasteiger partial charge < -0.3 is 15.0 Å². The second-order valence-corrected chi connectivity index (χ2v) is 5.14. The first-order chi connectivity index (χ1) is 12.0. The molecule has 0 bridgehead atoms. The zero-order chi connectivity index (χ0) is 18.2. The van der Waals surface area contributed by atoms with Crippen LogP contribution in [0.4, 0.5) is 4.39 Å². The van der Waals surface area contributed by atoms with Crippen molar-refractivity contribution in [3.63, 3.8) is 0 Å². The molecule has 8 nitrogen and oxygen atoms in total. The van der Waals surface area contributed by atoms with Crippen LogP contribution in [-0.2, 0) is 22.7 Å². The molecule has 1 aromatic heterocycles. The standard InChI is InChI=1S/C16H16FN3O5/c17-13-9-19-16(24)20(15(13)23)7-1-2-14(22)18-8-11-3-5-12(6-4-11)25-10-21/h3-6,9-10H,1-2,7-8H2,(H,18,22)(H,19,24). The summed E-state index contributed by atoms with van der Waals surface area (Å²) >= 11 is 0. The molecule has 0 fully saturated rings. The van der Waals surface area contributed by atoms with Crippen LogP contribution in [-0.4, -0.2) is 21.9 Å². The van der Waals surface area contributed by atoms with Gasteiger partial charge in [-0.25, -0.2) is 4.79 Å². The van der Waals surface area contributed by atoms with Gasteiger partial charge in [0.1, 0.15) is 5.75 Å². The minimum Gasteiger partial charge on any atom is -0.429 e. The number of aromatic nitrogens is 2. The third-order valence-corrected chi connectivity index (χ3v) is 3.40. The monoisotopic (exact) mass is 349 g/mol. The van der Waals surface area contributed by atoms with Crippen molar-refractivity contribution in [2.45, 2.75) is 25.9 Å². The number of ether oxygens (including phenoxy) is 1. The number of carbonyl (C=O) groups is 2. The van der Waals surface area contributed by atoms with Crippen LogP contribution in [0.25, 0.3) is 0 Å². The second-order valence-electron chi connectivity index (χ2n) is 5.14. The van der Waals surface area contributed by atoms with Gasteiger partial charge in [-0.15, -0.1) is 0 Å². The molecule has 0 saturated heterocycles. The molecule has 0 radical (unpaired) electrons. The number of rotatable bonds is 8. The number of aromatic amines is 1. The Morgan fingerprint density at radius 2 is 2.00 bits per heavy atom. The average Bonchev–Trinajstić information content (AvgIpc) is 2.61. The number of H-pyrrole nitrogens is 1. The van der Waals surface area contributed by atoms with Gasteiger partial charge in [-0.2, -0.15) is 4.39 Å². The highest BCUT2D eigenvalue weighted by Crippen LogP contribution is 2.11. The molecule has 0 spiro atoms. The molecule has 1 amide bonds. The Bertz CT molecular complexity index is 857. The van der Waals surface area contributed by atoms with Crippen LogP contribution in [0.2, 0.25) is 0 Å². The highest BCUT2D eigenvalue weighted by Gasteiger charge is 2.08. The molecule has 1 heterocycles. The fourth-order valence-electron chi connectivity index (χ4n) is 2.12. The van der Waals surface area contributed by atoms with Crippen molar-refractivity contribution < 1.29 is 18.7 Å². The molecule has 25 heavy (non-hydrogen) atoms. The summed E-state index contributed by atoms with van der Waals surface area (Å²) in [6, 6.07) is 6.59. The van der Waals surface area contributed by atoms with E-state index >= 15 is 0 Å². The summed E-state index contributed by atoms with van der Waals surface area (Å²) in [6.07, 6.45) is 0.998. The van der Waals surface area contributed by atoms with Crippen LogP contribution in [0, 0.1) is 5.82 Å². The Morgan fingerprint density at radius 3 is 2.68 bits per heavy atom. The summed E-state index contributed by atoms with van der Waals surface area (Å²) < 4.78 is 18.5. The van der Waals surface area contributed by atoms with Crippen LogP contribution in [0.1, 0.15) is 18.4 Å². The molecule has 0 aliphatic heterocycles. The Labute approximate surface area is 141 Å². The zero-order valence-corrected chi connectivity index (χ0v) is 13.2. The molecule has 0 saturated carbocycles. The van der Waals surface area contributed by atoms with Crippen LogP contribution in [0.5, 0.6) is 5.75 Å². The number of nitrogens with one attached hydrogen (secondary N) is 2. The quantitative estimate of drug-likeness (QED) is 0.667. The first kappa shape index (κ1) is 18.1. The molecule has 132 valence electrons. The molecule has 1 aromatic carbocycles. The first-order valence-corrected chi connectivity index (χ1v) is 7.45. The lowest BCUT2D eigenvalue weighted by molar-refractivity contribution is -0.121. The SMILES string of the molecule is O=COc1ccc(CNC(=O)CCCn2c(=O)[nH]cc(F)c2=O)cc1. The largest absolute Gasteiger partial charge is 0.429 e. The molecule has 2 rings (SSSR count). The molecule has 9 heteroatoms. The number of amides is 1. The van der Waals surface area contributed by atoms with Crippen LogP contribution >= 0.6 is 0 Å². The van der Waals surface area contributed by atoms with E-state index in [0.29, 0.717) is 23.0 Å². The number of carbonyl (C=O) groups excluding carboxylic acids is 2. The minimum absolute atomic E-state index is 0.0585. The fraction of sp³-hybridized carbons (Fsp3) is 0.250. The maximum Gasteiger partial charge on any atom is 0.328 e. The van der Waals surface area contributed by atoms with Gasteiger partial charge in [-0.3, -0.25) is 19.0 Å². The van der Waals surface area contributed by atoms with E-state index in [0.717, 1.165) is 5.56 Å². The highest BCUT2D eigenvalue weighted by molar-refractivity contribution is 5.75. The van der Waals surface area contributed by atoms with Gasteiger partial charge in [0, 0.05) is 25.7 Å².